The van der Waals surface area contributed by atoms with Gasteiger partial charge < -0.3 is 68.7 Å². The zero-order valence-electron chi connectivity index (χ0n) is 38.0. The molecule has 0 saturated carbocycles. The molecule has 0 aromatic heterocycles. The highest BCUT2D eigenvalue weighted by molar-refractivity contribution is 5.98. The van der Waals surface area contributed by atoms with Gasteiger partial charge in [-0.15, -0.1) is 0 Å². The average molecular weight is 946 g/mol. The minimum atomic E-state index is -1.72. The largest absolute Gasteiger partial charge is 0.508 e. The number of rotatable bonds is 25. The van der Waals surface area contributed by atoms with Crippen molar-refractivity contribution in [3.8, 4) is 5.75 Å². The van der Waals surface area contributed by atoms with Gasteiger partial charge in [0.1, 0.15) is 42.0 Å². The molecule has 14 N–H and O–H groups in total. The van der Waals surface area contributed by atoms with Crippen LogP contribution in [0.15, 0.2) is 84.9 Å². The van der Waals surface area contributed by atoms with Crippen LogP contribution in [-0.4, -0.2) is 147 Å². The van der Waals surface area contributed by atoms with Crippen LogP contribution in [0.5, 0.6) is 5.75 Å². The number of carboxylic acid groups (broad SMARTS) is 1. The fourth-order valence-corrected chi connectivity index (χ4v) is 7.63. The minimum Gasteiger partial charge on any atom is -0.508 e. The number of amides is 7. The quantitative estimate of drug-likeness (QED) is 0.0432. The van der Waals surface area contributed by atoms with Crippen LogP contribution < -0.4 is 43.4 Å². The van der Waals surface area contributed by atoms with Crippen LogP contribution in [0.25, 0.3) is 0 Å². The summed E-state index contributed by atoms with van der Waals surface area (Å²) in [6, 6.07) is 13.5. The Labute approximate surface area is 393 Å². The number of aromatic hydroxyl groups is 1. The smallest absolute Gasteiger partial charge is 0.328 e. The van der Waals surface area contributed by atoms with Gasteiger partial charge in [-0.1, -0.05) is 72.8 Å². The predicted octanol–water partition coefficient (Wildman–Crippen LogP) is -2.14. The number of carbonyl (C=O) groups is 8. The number of nitrogens with zero attached hydrogens (tertiary/aromatic N) is 1. The van der Waals surface area contributed by atoms with Gasteiger partial charge in [-0.2, -0.15) is 0 Å². The van der Waals surface area contributed by atoms with Gasteiger partial charge in [0.2, 0.25) is 41.4 Å². The molecule has 1 aliphatic rings. The number of hydrogen-bond donors (Lipinski definition) is 12. The van der Waals surface area contributed by atoms with Gasteiger partial charge in [-0.05, 0) is 74.9 Å². The van der Waals surface area contributed by atoms with E-state index >= 15 is 0 Å². The highest BCUT2D eigenvalue weighted by Gasteiger charge is 2.41. The van der Waals surface area contributed by atoms with Crippen molar-refractivity contribution >= 4 is 47.3 Å². The zero-order chi connectivity index (χ0) is 49.9. The molecule has 1 fully saturated rings. The molecule has 0 bridgehead atoms. The Balaban J connectivity index is 1.60. The summed E-state index contributed by atoms with van der Waals surface area (Å²) < 4.78 is 0. The molecule has 9 unspecified atom stereocenters. The van der Waals surface area contributed by atoms with Gasteiger partial charge in [0.15, 0.2) is 6.04 Å². The van der Waals surface area contributed by atoms with E-state index in [1.54, 1.807) is 60.7 Å². The third kappa shape index (κ3) is 16.1. The molecule has 1 heterocycles. The van der Waals surface area contributed by atoms with Crippen LogP contribution in [0.3, 0.4) is 0 Å². The molecule has 21 nitrogen and oxygen atoms in total. The molecule has 4 rings (SSSR count). The van der Waals surface area contributed by atoms with Crippen molar-refractivity contribution in [3.63, 3.8) is 0 Å². The highest BCUT2D eigenvalue weighted by Crippen LogP contribution is 2.21. The Kier molecular flexibility index (Phi) is 20.8. The van der Waals surface area contributed by atoms with Crippen LogP contribution in [0.4, 0.5) is 0 Å². The Morgan fingerprint density at radius 3 is 1.56 bits per heavy atom. The van der Waals surface area contributed by atoms with Crippen molar-refractivity contribution in [2.75, 3.05) is 19.6 Å². The van der Waals surface area contributed by atoms with Crippen molar-refractivity contribution in [1.29, 1.82) is 0 Å². The van der Waals surface area contributed by atoms with Gasteiger partial charge in [0, 0.05) is 25.8 Å². The molecule has 1 saturated heterocycles. The molecular formula is C47H63N9O12. The van der Waals surface area contributed by atoms with E-state index in [1.807, 2.05) is 0 Å². The lowest BCUT2D eigenvalue weighted by molar-refractivity contribution is -0.147. The number of carbonyl (C=O) groups excluding carboxylic acids is 7. The van der Waals surface area contributed by atoms with Crippen molar-refractivity contribution in [2.24, 2.45) is 11.5 Å². The Bertz CT molecular complexity index is 2180. The molecule has 7 amide bonds. The number of phenolic OH excluding ortho intramolecular Hbond substituents is 1. The number of phenols is 1. The third-order valence-electron chi connectivity index (χ3n) is 11.3. The standard InChI is InChI=1S/C47H63N9O12/c1-27(57)39(45(65)51-33(15-9-21-48)46(66)56-22-10-16-37(56)44(64)55-40(28(2)58)47(67)68)54-43(63)36(25-31-17-19-32(59)20-18-31)53-42(62)35(24-30-13-7-4-8-14-30)52-41(61)34(50-38(60)26-49)23-29-11-5-3-6-12-29/h3-8,11-14,17-20,27-28,33-37,39-40,57-59H,9-10,15-16,21-26,48-49H2,1-2H3,(H,50,60)(H,51,65)(H,52,61)(H,53,62)(H,54,63)(H,55,64)(H,67,68). The summed E-state index contributed by atoms with van der Waals surface area (Å²) in [7, 11) is 0. The zero-order valence-corrected chi connectivity index (χ0v) is 38.0. The second-order valence-corrected chi connectivity index (χ2v) is 16.7. The number of hydrogen-bond acceptors (Lipinski definition) is 13. The molecule has 1 aliphatic heterocycles. The molecule has 0 aliphatic carbocycles. The molecule has 0 spiro atoms. The first-order valence-electron chi connectivity index (χ1n) is 22.4. The second kappa shape index (κ2) is 26.4. The van der Waals surface area contributed by atoms with Crippen LogP contribution in [0.1, 0.15) is 56.2 Å². The summed E-state index contributed by atoms with van der Waals surface area (Å²) >= 11 is 0. The number of aliphatic hydroxyl groups is 2. The van der Waals surface area contributed by atoms with Gasteiger partial charge >= 0.3 is 5.97 Å². The summed E-state index contributed by atoms with van der Waals surface area (Å²) in [6.45, 7) is 2.19. The topological polar surface area (TPSA) is 345 Å². The summed E-state index contributed by atoms with van der Waals surface area (Å²) in [5, 5.41) is 55.6. The molecule has 21 heteroatoms. The number of nitrogens with two attached hydrogens (primary N) is 2. The maximum absolute atomic E-state index is 14.4. The lowest BCUT2D eigenvalue weighted by Gasteiger charge is -2.31. The number of aliphatic carboxylic acids is 1. The van der Waals surface area contributed by atoms with E-state index < -0.39 is 108 Å². The van der Waals surface area contributed by atoms with E-state index in [-0.39, 0.29) is 57.4 Å². The molecule has 368 valence electrons. The fourth-order valence-electron chi connectivity index (χ4n) is 7.63. The Morgan fingerprint density at radius 1 is 0.618 bits per heavy atom. The molecular weight excluding hydrogens is 883 g/mol. The third-order valence-corrected chi connectivity index (χ3v) is 11.3. The predicted molar refractivity (Wildman–Crippen MR) is 247 cm³/mol. The summed E-state index contributed by atoms with van der Waals surface area (Å²) in [5.41, 5.74) is 13.1. The highest BCUT2D eigenvalue weighted by atomic mass is 16.4. The maximum atomic E-state index is 14.4. The van der Waals surface area contributed by atoms with Crippen LogP contribution in [0, 0.1) is 0 Å². The van der Waals surface area contributed by atoms with E-state index in [1.165, 1.54) is 43.0 Å². The maximum Gasteiger partial charge on any atom is 0.328 e. The monoisotopic (exact) mass is 945 g/mol. The summed E-state index contributed by atoms with van der Waals surface area (Å²) in [4.78, 5) is 109. The second-order valence-electron chi connectivity index (χ2n) is 16.7. The lowest BCUT2D eigenvalue weighted by atomic mass is 10.0. The molecule has 3 aromatic rings. The van der Waals surface area contributed by atoms with E-state index in [0.29, 0.717) is 23.1 Å². The number of benzene rings is 3. The number of nitrogens with one attached hydrogen (secondary N) is 6. The van der Waals surface area contributed by atoms with Gasteiger partial charge in [-0.3, -0.25) is 33.6 Å². The number of carboxylic acids is 1. The van der Waals surface area contributed by atoms with Crippen LogP contribution >= 0.6 is 0 Å². The first kappa shape index (κ1) is 53.7. The van der Waals surface area contributed by atoms with E-state index in [9.17, 15) is 58.8 Å². The molecule has 0 radical (unpaired) electrons. The molecule has 3 aromatic carbocycles. The van der Waals surface area contributed by atoms with Gasteiger partial charge in [0.05, 0.1) is 18.8 Å². The first-order chi connectivity index (χ1) is 32.4. The number of aliphatic hydroxyl groups excluding tert-OH is 2. The van der Waals surface area contributed by atoms with Crippen molar-refractivity contribution < 1.29 is 58.8 Å². The van der Waals surface area contributed by atoms with Gasteiger partial charge in [0.25, 0.3) is 0 Å². The van der Waals surface area contributed by atoms with Gasteiger partial charge in [-0.25, -0.2) is 4.79 Å². The van der Waals surface area contributed by atoms with Crippen molar-refractivity contribution in [1.82, 2.24) is 36.8 Å². The van der Waals surface area contributed by atoms with Crippen molar-refractivity contribution in [2.45, 2.75) is 113 Å². The van der Waals surface area contributed by atoms with E-state index in [4.69, 9.17) is 11.5 Å². The summed E-state index contributed by atoms with van der Waals surface area (Å²) in [5.74, 6) is -7.21. The average Bonchev–Trinajstić information content (AvgIpc) is 3.81. The Hall–Kier alpha value is -6.94. The molecule has 9 atom stereocenters. The van der Waals surface area contributed by atoms with Crippen LogP contribution in [0.2, 0.25) is 0 Å². The van der Waals surface area contributed by atoms with E-state index in [2.05, 4.69) is 31.9 Å². The summed E-state index contributed by atoms with van der Waals surface area (Å²) in [6.07, 6.45) is -2.52. The SMILES string of the molecule is CC(O)C(NC(=O)C1CCCN1C(=O)C(CCCN)NC(=O)C(NC(=O)C(Cc1ccc(O)cc1)NC(=O)C(Cc1ccccc1)NC(=O)C(Cc1ccccc1)NC(=O)CN)C(C)O)C(=O)O. The van der Waals surface area contributed by atoms with Crippen molar-refractivity contribution in [3.05, 3.63) is 102 Å². The fraction of sp³-hybridized carbons (Fsp3) is 0.447. The Morgan fingerprint density at radius 2 is 1.09 bits per heavy atom. The minimum absolute atomic E-state index is 0.0199. The lowest BCUT2D eigenvalue weighted by Crippen LogP contribution is -2.62. The molecule has 68 heavy (non-hydrogen) atoms. The van der Waals surface area contributed by atoms with E-state index in [0.717, 1.165) is 0 Å². The normalized spacial score (nSPS) is 16.9. The number of likely N-dealkylation sites (tertiary alicyclic amines) is 1. The first-order valence-corrected chi connectivity index (χ1v) is 22.4. The van der Waals surface area contributed by atoms with Crippen LogP contribution in [-0.2, 0) is 57.6 Å².